The SMILES string of the molecule is CN1CCCc2cc(C=C3CC[n+]4ccccc43)ccc21.[Br-]. The van der Waals surface area contributed by atoms with Gasteiger partial charge in [0.05, 0.1) is 0 Å². The lowest BCUT2D eigenvalue weighted by Gasteiger charge is -2.27. The van der Waals surface area contributed by atoms with E-state index >= 15 is 0 Å². The third kappa shape index (κ3) is 2.70. The third-order valence-electron chi connectivity index (χ3n) is 4.69. The first kappa shape index (κ1) is 15.3. The van der Waals surface area contributed by atoms with Gasteiger partial charge in [-0.15, -0.1) is 0 Å². The molecular weight excluding hydrogens is 336 g/mol. The van der Waals surface area contributed by atoms with E-state index in [4.69, 9.17) is 0 Å². The summed E-state index contributed by atoms with van der Waals surface area (Å²) >= 11 is 0. The molecule has 0 fully saturated rings. The van der Waals surface area contributed by atoms with Crippen LogP contribution in [0.1, 0.15) is 29.7 Å². The highest BCUT2D eigenvalue weighted by Gasteiger charge is 2.23. The molecule has 0 amide bonds. The van der Waals surface area contributed by atoms with Crippen LogP contribution in [-0.4, -0.2) is 13.6 Å². The smallest absolute Gasteiger partial charge is 0.208 e. The predicted octanol–water partition coefficient (Wildman–Crippen LogP) is 0.305. The number of hydrogen-bond donors (Lipinski definition) is 0. The van der Waals surface area contributed by atoms with Crippen LogP contribution in [0, 0.1) is 0 Å². The van der Waals surface area contributed by atoms with Gasteiger partial charge in [-0.05, 0) is 48.2 Å². The monoisotopic (exact) mass is 356 g/mol. The highest BCUT2D eigenvalue weighted by molar-refractivity contribution is 5.80. The Bertz CT molecular complexity index is 721. The Kier molecular flexibility index (Phi) is 4.34. The van der Waals surface area contributed by atoms with Gasteiger partial charge in [0, 0.05) is 43.4 Å². The minimum absolute atomic E-state index is 0. The number of benzene rings is 1. The van der Waals surface area contributed by atoms with Gasteiger partial charge in [-0.1, -0.05) is 6.07 Å². The average molecular weight is 357 g/mol. The molecule has 1 aromatic carbocycles. The molecule has 3 heteroatoms. The summed E-state index contributed by atoms with van der Waals surface area (Å²) < 4.78 is 2.35. The van der Waals surface area contributed by atoms with Crippen LogP contribution in [0.5, 0.6) is 0 Å². The maximum absolute atomic E-state index is 2.38. The average Bonchev–Trinajstić information content (AvgIpc) is 2.91. The van der Waals surface area contributed by atoms with Crippen LogP contribution >= 0.6 is 0 Å². The zero-order chi connectivity index (χ0) is 14.2. The molecule has 0 saturated carbocycles. The fourth-order valence-electron chi connectivity index (χ4n) is 3.57. The first-order valence-corrected chi connectivity index (χ1v) is 7.85. The van der Waals surface area contributed by atoms with E-state index in [9.17, 15) is 0 Å². The first-order valence-electron chi connectivity index (χ1n) is 7.85. The number of allylic oxidation sites excluding steroid dienone is 1. The quantitative estimate of drug-likeness (QED) is 0.667. The van der Waals surface area contributed by atoms with Gasteiger partial charge in [-0.2, -0.15) is 4.57 Å². The number of pyridine rings is 1. The molecule has 0 saturated heterocycles. The van der Waals surface area contributed by atoms with Gasteiger partial charge in [0.1, 0.15) is 0 Å². The van der Waals surface area contributed by atoms with E-state index in [0.29, 0.717) is 0 Å². The molecule has 114 valence electrons. The summed E-state index contributed by atoms with van der Waals surface area (Å²) in [7, 11) is 2.19. The number of anilines is 1. The van der Waals surface area contributed by atoms with E-state index in [1.54, 1.807) is 0 Å². The topological polar surface area (TPSA) is 7.12 Å². The molecule has 2 nitrogen and oxygen atoms in total. The van der Waals surface area contributed by atoms with Gasteiger partial charge in [0.2, 0.25) is 5.69 Å². The lowest BCUT2D eigenvalue weighted by Crippen LogP contribution is -3.00. The summed E-state index contributed by atoms with van der Waals surface area (Å²) in [5.41, 5.74) is 7.07. The standard InChI is InChI=1S/C19H21N2.BrH/c1-20-10-4-5-16-13-15(7-8-18(16)20)14-17-9-12-21-11-3-2-6-19(17)21;/h2-3,6-8,11,13-14H,4-5,9-10,12H2,1H3;1H/q+1;/p-1. The molecule has 0 atom stereocenters. The van der Waals surface area contributed by atoms with Crippen molar-refractivity contribution >= 4 is 17.3 Å². The fraction of sp³-hybridized carbons (Fsp3) is 0.316. The second-order valence-electron chi connectivity index (χ2n) is 6.11. The van der Waals surface area contributed by atoms with E-state index < -0.39 is 0 Å². The summed E-state index contributed by atoms with van der Waals surface area (Å²) in [5.74, 6) is 0. The molecule has 0 aliphatic carbocycles. The van der Waals surface area contributed by atoms with Crippen LogP contribution in [0.25, 0.3) is 11.6 Å². The molecule has 2 aliphatic heterocycles. The molecule has 1 aromatic heterocycles. The van der Waals surface area contributed by atoms with Crippen LogP contribution in [0.15, 0.2) is 42.6 Å². The molecule has 3 heterocycles. The Labute approximate surface area is 142 Å². The lowest BCUT2D eigenvalue weighted by atomic mass is 9.98. The van der Waals surface area contributed by atoms with Gasteiger partial charge in [0.15, 0.2) is 12.7 Å². The Morgan fingerprint density at radius 2 is 2.05 bits per heavy atom. The highest BCUT2D eigenvalue weighted by Crippen LogP contribution is 2.29. The zero-order valence-corrected chi connectivity index (χ0v) is 14.5. The molecule has 2 aromatic rings. The Morgan fingerprint density at radius 3 is 2.95 bits per heavy atom. The van der Waals surface area contributed by atoms with Gasteiger partial charge >= 0.3 is 0 Å². The van der Waals surface area contributed by atoms with Crippen molar-refractivity contribution < 1.29 is 21.5 Å². The van der Waals surface area contributed by atoms with Crippen molar-refractivity contribution in [2.24, 2.45) is 0 Å². The van der Waals surface area contributed by atoms with Gasteiger partial charge in [-0.25, -0.2) is 0 Å². The van der Waals surface area contributed by atoms with Crippen molar-refractivity contribution in [3.05, 3.63) is 59.4 Å². The summed E-state index contributed by atoms with van der Waals surface area (Å²) in [6.07, 6.45) is 8.16. The van der Waals surface area contributed by atoms with Crippen molar-refractivity contribution in [1.82, 2.24) is 0 Å². The normalized spacial score (nSPS) is 17.9. The second kappa shape index (κ2) is 6.25. The van der Waals surface area contributed by atoms with Crippen molar-refractivity contribution in [2.75, 3.05) is 18.5 Å². The van der Waals surface area contributed by atoms with Gasteiger partial charge in [-0.3, -0.25) is 0 Å². The molecule has 0 bridgehead atoms. The predicted molar refractivity (Wildman–Crippen MR) is 87.2 cm³/mol. The number of fused-ring (bicyclic) bond motifs is 2. The molecule has 0 radical (unpaired) electrons. The molecular formula is C19H21BrN2. The number of aromatic nitrogens is 1. The summed E-state index contributed by atoms with van der Waals surface area (Å²) in [6, 6.07) is 13.4. The fourth-order valence-corrected chi connectivity index (χ4v) is 3.57. The van der Waals surface area contributed by atoms with Crippen LogP contribution < -0.4 is 26.4 Å². The van der Waals surface area contributed by atoms with E-state index in [2.05, 4.69) is 65.2 Å². The maximum Gasteiger partial charge on any atom is 0.208 e. The van der Waals surface area contributed by atoms with E-state index in [1.807, 2.05) is 0 Å². The molecule has 2 aliphatic rings. The van der Waals surface area contributed by atoms with Crippen molar-refractivity contribution in [3.63, 3.8) is 0 Å². The first-order chi connectivity index (χ1) is 10.3. The minimum Gasteiger partial charge on any atom is -1.00 e. The largest absolute Gasteiger partial charge is 1.00 e. The van der Waals surface area contributed by atoms with Crippen molar-refractivity contribution in [3.8, 4) is 0 Å². The number of nitrogens with zero attached hydrogens (tertiary/aromatic N) is 2. The summed E-state index contributed by atoms with van der Waals surface area (Å²) in [4.78, 5) is 2.37. The third-order valence-corrected chi connectivity index (χ3v) is 4.69. The maximum atomic E-state index is 2.38. The molecule has 0 N–H and O–H groups in total. The van der Waals surface area contributed by atoms with Crippen molar-refractivity contribution in [2.45, 2.75) is 25.8 Å². The molecule has 0 unspecified atom stereocenters. The van der Waals surface area contributed by atoms with E-state index in [-0.39, 0.29) is 17.0 Å². The van der Waals surface area contributed by atoms with Gasteiger partial charge in [0.25, 0.3) is 0 Å². The number of halogens is 1. The molecule has 0 spiro atoms. The van der Waals surface area contributed by atoms with Crippen LogP contribution in [-0.2, 0) is 13.0 Å². The zero-order valence-electron chi connectivity index (χ0n) is 12.9. The number of aryl methyl sites for hydroxylation is 2. The summed E-state index contributed by atoms with van der Waals surface area (Å²) in [6.45, 7) is 2.28. The Morgan fingerprint density at radius 1 is 1.14 bits per heavy atom. The molecule has 4 rings (SSSR count). The van der Waals surface area contributed by atoms with Crippen molar-refractivity contribution in [1.29, 1.82) is 0 Å². The highest BCUT2D eigenvalue weighted by atomic mass is 79.9. The Balaban J connectivity index is 0.00000144. The Hall–Kier alpha value is -1.61. The minimum atomic E-state index is 0. The van der Waals surface area contributed by atoms with Gasteiger partial charge < -0.3 is 21.9 Å². The van der Waals surface area contributed by atoms with Crippen LogP contribution in [0.2, 0.25) is 0 Å². The molecule has 22 heavy (non-hydrogen) atoms. The second-order valence-corrected chi connectivity index (χ2v) is 6.11. The van der Waals surface area contributed by atoms with E-state index in [1.165, 1.54) is 47.5 Å². The number of hydrogen-bond acceptors (Lipinski definition) is 1. The van der Waals surface area contributed by atoms with E-state index in [0.717, 1.165) is 13.0 Å². The number of rotatable bonds is 1. The lowest BCUT2D eigenvalue weighted by molar-refractivity contribution is -0.689. The summed E-state index contributed by atoms with van der Waals surface area (Å²) in [5, 5.41) is 0. The van der Waals surface area contributed by atoms with Crippen LogP contribution in [0.3, 0.4) is 0 Å². The van der Waals surface area contributed by atoms with Crippen LogP contribution in [0.4, 0.5) is 5.69 Å².